The van der Waals surface area contributed by atoms with Crippen LogP contribution in [-0.2, 0) is 4.57 Å². The highest BCUT2D eigenvalue weighted by Crippen LogP contribution is 2.59. The zero-order valence-corrected chi connectivity index (χ0v) is 9.67. The second kappa shape index (κ2) is 4.95. The first kappa shape index (κ1) is 17.0. The summed E-state index contributed by atoms with van der Waals surface area (Å²) in [5.74, 6) is -1.45. The topological polar surface area (TPSA) is 57.5 Å². The van der Waals surface area contributed by atoms with Crippen LogP contribution in [-0.4, -0.2) is 33.2 Å². The monoisotopic (exact) mass is 308 g/mol. The first-order valence-electron chi connectivity index (χ1n) is 3.98. The molecule has 0 aliphatic heterocycles. The standard InChI is InChI=1S/C6H8ClF6O3P/c7-3-4(17(14,15)16,1-5(8,9)10)2-6(11,12)13/h1-3H2,(H2,14,15,16). The summed E-state index contributed by atoms with van der Waals surface area (Å²) in [5.41, 5.74) is 0. The van der Waals surface area contributed by atoms with Crippen molar-refractivity contribution in [2.24, 2.45) is 0 Å². The van der Waals surface area contributed by atoms with Gasteiger partial charge in [-0.1, -0.05) is 0 Å². The molecule has 0 atom stereocenters. The van der Waals surface area contributed by atoms with Gasteiger partial charge in [-0.3, -0.25) is 4.57 Å². The lowest BCUT2D eigenvalue weighted by Gasteiger charge is -2.33. The third-order valence-electron chi connectivity index (χ3n) is 1.93. The summed E-state index contributed by atoms with van der Waals surface area (Å²) in [7, 11) is -5.67. The van der Waals surface area contributed by atoms with Crippen molar-refractivity contribution in [1.29, 1.82) is 0 Å². The van der Waals surface area contributed by atoms with Gasteiger partial charge in [0.05, 0.1) is 12.8 Å². The maximum absolute atomic E-state index is 12.1. The van der Waals surface area contributed by atoms with Crippen molar-refractivity contribution in [1.82, 2.24) is 0 Å². The molecular formula is C6H8ClF6O3P. The van der Waals surface area contributed by atoms with Crippen LogP contribution in [0.15, 0.2) is 0 Å². The maximum atomic E-state index is 12.1. The van der Waals surface area contributed by atoms with Crippen LogP contribution in [0.1, 0.15) is 12.8 Å². The molecule has 0 spiro atoms. The summed E-state index contributed by atoms with van der Waals surface area (Å²) >= 11 is 4.93. The molecule has 0 aromatic heterocycles. The number of rotatable bonds is 4. The molecule has 3 nitrogen and oxygen atoms in total. The molecule has 0 aromatic rings. The van der Waals surface area contributed by atoms with Crippen molar-refractivity contribution >= 4 is 19.2 Å². The summed E-state index contributed by atoms with van der Waals surface area (Å²) in [6.07, 6.45) is -14.9. The lowest BCUT2D eigenvalue weighted by atomic mass is 10.0. The average molecular weight is 309 g/mol. The van der Waals surface area contributed by atoms with Crippen molar-refractivity contribution in [2.45, 2.75) is 30.4 Å². The predicted molar refractivity (Wildman–Crippen MR) is 46.8 cm³/mol. The first-order valence-corrected chi connectivity index (χ1v) is 6.12. The molecule has 0 aliphatic rings. The van der Waals surface area contributed by atoms with E-state index in [4.69, 9.17) is 21.4 Å². The lowest BCUT2D eigenvalue weighted by molar-refractivity contribution is -0.167. The zero-order valence-electron chi connectivity index (χ0n) is 8.02. The van der Waals surface area contributed by atoms with Gasteiger partial charge in [-0.2, -0.15) is 26.3 Å². The summed E-state index contributed by atoms with van der Waals surface area (Å²) < 4.78 is 83.3. The fraction of sp³-hybridized carbons (Fsp3) is 1.00. The highest BCUT2D eigenvalue weighted by atomic mass is 35.5. The number of hydrogen-bond donors (Lipinski definition) is 2. The van der Waals surface area contributed by atoms with Crippen LogP contribution < -0.4 is 0 Å². The van der Waals surface area contributed by atoms with E-state index in [1.54, 1.807) is 0 Å². The van der Waals surface area contributed by atoms with Crippen LogP contribution in [0.5, 0.6) is 0 Å². The number of hydrogen-bond acceptors (Lipinski definition) is 1. The Labute approximate surface area is 96.9 Å². The molecule has 11 heteroatoms. The largest absolute Gasteiger partial charge is 0.390 e. The van der Waals surface area contributed by atoms with Gasteiger partial charge in [0.2, 0.25) is 0 Å². The Kier molecular flexibility index (Phi) is 4.96. The average Bonchev–Trinajstić information content (AvgIpc) is 1.95. The number of alkyl halides is 7. The van der Waals surface area contributed by atoms with E-state index in [9.17, 15) is 30.9 Å². The van der Waals surface area contributed by atoms with E-state index in [0.29, 0.717) is 0 Å². The molecule has 104 valence electrons. The summed E-state index contributed by atoms with van der Waals surface area (Å²) in [4.78, 5) is 17.4. The van der Waals surface area contributed by atoms with Gasteiger partial charge in [0.25, 0.3) is 0 Å². The molecule has 17 heavy (non-hydrogen) atoms. The third kappa shape index (κ3) is 5.46. The zero-order chi connectivity index (χ0) is 14.1. The Bertz CT molecular complexity index is 292. The molecule has 0 rings (SSSR count). The molecule has 0 unspecified atom stereocenters. The van der Waals surface area contributed by atoms with E-state index in [2.05, 4.69) is 0 Å². The second-order valence-electron chi connectivity index (χ2n) is 3.49. The van der Waals surface area contributed by atoms with Gasteiger partial charge in [0.15, 0.2) is 0 Å². The normalized spacial score (nSPS) is 15.1. The maximum Gasteiger partial charge on any atom is 0.390 e. The quantitative estimate of drug-likeness (QED) is 0.477. The van der Waals surface area contributed by atoms with Crippen LogP contribution in [0, 0.1) is 0 Å². The first-order chi connectivity index (χ1) is 7.22. The Hall–Kier alpha value is 0.0200. The van der Waals surface area contributed by atoms with Crippen molar-refractivity contribution in [3.05, 3.63) is 0 Å². The molecule has 0 bridgehead atoms. The smallest absolute Gasteiger partial charge is 0.324 e. The summed E-state index contributed by atoms with van der Waals surface area (Å²) in [6, 6.07) is 0. The van der Waals surface area contributed by atoms with Crippen LogP contribution in [0.2, 0.25) is 0 Å². The van der Waals surface area contributed by atoms with Crippen LogP contribution in [0.3, 0.4) is 0 Å². The van der Waals surface area contributed by atoms with E-state index in [0.717, 1.165) is 0 Å². The number of halogens is 7. The molecule has 0 heterocycles. The van der Waals surface area contributed by atoms with Gasteiger partial charge in [0.1, 0.15) is 5.16 Å². The molecule has 0 saturated heterocycles. The van der Waals surface area contributed by atoms with Crippen LogP contribution in [0.25, 0.3) is 0 Å². The van der Waals surface area contributed by atoms with Gasteiger partial charge in [0, 0.05) is 5.88 Å². The van der Waals surface area contributed by atoms with Gasteiger partial charge in [-0.15, -0.1) is 11.6 Å². The van der Waals surface area contributed by atoms with E-state index in [-0.39, 0.29) is 0 Å². The Balaban J connectivity index is 5.41. The molecule has 2 N–H and O–H groups in total. The molecular weight excluding hydrogens is 300 g/mol. The predicted octanol–water partition coefficient (Wildman–Crippen LogP) is 3.05. The minimum absolute atomic E-state index is 1.45. The van der Waals surface area contributed by atoms with E-state index >= 15 is 0 Å². The van der Waals surface area contributed by atoms with E-state index in [1.165, 1.54) is 0 Å². The van der Waals surface area contributed by atoms with Crippen LogP contribution in [0.4, 0.5) is 26.3 Å². The second-order valence-corrected chi connectivity index (χ2v) is 5.79. The molecule has 0 amide bonds. The summed E-state index contributed by atoms with van der Waals surface area (Å²) in [5, 5.41) is -3.37. The Morgan fingerprint density at radius 2 is 1.24 bits per heavy atom. The minimum atomic E-state index is -5.67. The SMILES string of the molecule is O=P(O)(O)C(CCl)(CC(F)(F)F)CC(F)(F)F. The van der Waals surface area contributed by atoms with Gasteiger partial charge in [-0.05, 0) is 0 Å². The van der Waals surface area contributed by atoms with E-state index in [1.807, 2.05) is 0 Å². The molecule has 0 radical (unpaired) electrons. The molecule has 0 saturated carbocycles. The van der Waals surface area contributed by atoms with Crippen molar-refractivity contribution in [3.63, 3.8) is 0 Å². The molecule has 0 aliphatic carbocycles. The molecule has 0 aromatic carbocycles. The minimum Gasteiger partial charge on any atom is -0.324 e. The lowest BCUT2D eigenvalue weighted by Crippen LogP contribution is -2.41. The van der Waals surface area contributed by atoms with Gasteiger partial charge >= 0.3 is 19.9 Å². The van der Waals surface area contributed by atoms with E-state index < -0.39 is 43.8 Å². The molecule has 0 fully saturated rings. The third-order valence-corrected chi connectivity index (χ3v) is 4.33. The fourth-order valence-corrected chi connectivity index (χ4v) is 2.77. The van der Waals surface area contributed by atoms with Gasteiger partial charge in [-0.25, -0.2) is 0 Å². The van der Waals surface area contributed by atoms with Gasteiger partial charge < -0.3 is 9.79 Å². The van der Waals surface area contributed by atoms with Crippen LogP contribution >= 0.6 is 19.2 Å². The fourth-order valence-electron chi connectivity index (χ4n) is 1.19. The Morgan fingerprint density at radius 3 is 1.35 bits per heavy atom. The summed E-state index contributed by atoms with van der Waals surface area (Å²) in [6.45, 7) is 0. The Morgan fingerprint density at radius 1 is 0.941 bits per heavy atom. The van der Waals surface area contributed by atoms with Crippen molar-refractivity contribution < 1.29 is 40.7 Å². The van der Waals surface area contributed by atoms with Crippen molar-refractivity contribution in [3.8, 4) is 0 Å². The van der Waals surface area contributed by atoms with Crippen molar-refractivity contribution in [2.75, 3.05) is 5.88 Å². The highest BCUT2D eigenvalue weighted by Gasteiger charge is 2.58. The highest BCUT2D eigenvalue weighted by molar-refractivity contribution is 7.53.